The van der Waals surface area contributed by atoms with Gasteiger partial charge in [-0.2, -0.15) is 0 Å². The molecule has 0 bridgehead atoms. The standard InChI is InChI=1S/C27H29FN6O/c1-3-32(4-2)19-24-13-10-22(16-29-24)18-34(25-14-11-23(28)12-15-25)27(35)26-20-33(31-30-26)17-21-8-6-5-7-9-21/h5-16,20H,3-4,17-19H2,1-2H3. The van der Waals surface area contributed by atoms with Gasteiger partial charge in [0.2, 0.25) is 0 Å². The predicted molar refractivity (Wildman–Crippen MR) is 133 cm³/mol. The summed E-state index contributed by atoms with van der Waals surface area (Å²) in [6, 6.07) is 19.7. The number of hydrogen-bond acceptors (Lipinski definition) is 5. The largest absolute Gasteiger partial charge is 0.302 e. The van der Waals surface area contributed by atoms with Gasteiger partial charge < -0.3 is 4.90 Å². The Morgan fingerprint density at radius 3 is 2.31 bits per heavy atom. The molecule has 2 heterocycles. The number of rotatable bonds is 10. The molecular weight excluding hydrogens is 443 g/mol. The molecule has 0 fully saturated rings. The molecule has 1 amide bonds. The second kappa shape index (κ2) is 11.5. The Balaban J connectivity index is 1.54. The average molecular weight is 473 g/mol. The van der Waals surface area contributed by atoms with Crippen molar-refractivity contribution in [2.24, 2.45) is 0 Å². The number of pyridine rings is 1. The molecule has 4 aromatic rings. The van der Waals surface area contributed by atoms with Crippen LogP contribution in [0.4, 0.5) is 10.1 Å². The fraction of sp³-hybridized carbons (Fsp3) is 0.259. The number of carbonyl (C=O) groups is 1. The molecule has 0 radical (unpaired) electrons. The van der Waals surface area contributed by atoms with Gasteiger partial charge in [-0.15, -0.1) is 5.10 Å². The van der Waals surface area contributed by atoms with E-state index < -0.39 is 0 Å². The van der Waals surface area contributed by atoms with Crippen molar-refractivity contribution in [1.29, 1.82) is 0 Å². The molecule has 0 aliphatic heterocycles. The maximum Gasteiger partial charge on any atom is 0.280 e. The van der Waals surface area contributed by atoms with Gasteiger partial charge in [-0.05, 0) is 54.5 Å². The summed E-state index contributed by atoms with van der Waals surface area (Å²) in [4.78, 5) is 21.9. The molecule has 7 nitrogen and oxygen atoms in total. The highest BCUT2D eigenvalue weighted by molar-refractivity contribution is 6.04. The first kappa shape index (κ1) is 24.2. The maximum atomic E-state index is 13.6. The SMILES string of the molecule is CCN(CC)Cc1ccc(CN(C(=O)c2cn(Cc3ccccc3)nn2)c2ccc(F)cc2)cn1. The van der Waals surface area contributed by atoms with Crippen LogP contribution in [-0.2, 0) is 19.6 Å². The van der Waals surface area contributed by atoms with E-state index in [0.717, 1.165) is 36.5 Å². The minimum Gasteiger partial charge on any atom is -0.302 e. The number of halogens is 1. The van der Waals surface area contributed by atoms with Crippen molar-refractivity contribution < 1.29 is 9.18 Å². The van der Waals surface area contributed by atoms with Gasteiger partial charge in [0.25, 0.3) is 5.91 Å². The first-order chi connectivity index (χ1) is 17.1. The zero-order valence-corrected chi connectivity index (χ0v) is 20.0. The van der Waals surface area contributed by atoms with Crippen LogP contribution in [0.1, 0.15) is 41.2 Å². The van der Waals surface area contributed by atoms with Crippen LogP contribution in [0.15, 0.2) is 79.1 Å². The van der Waals surface area contributed by atoms with Gasteiger partial charge >= 0.3 is 0 Å². The van der Waals surface area contributed by atoms with Crippen LogP contribution in [0.2, 0.25) is 0 Å². The summed E-state index contributed by atoms with van der Waals surface area (Å²) in [5.74, 6) is -0.680. The van der Waals surface area contributed by atoms with Crippen molar-refractivity contribution in [2.75, 3.05) is 18.0 Å². The monoisotopic (exact) mass is 472 g/mol. The third-order valence-electron chi connectivity index (χ3n) is 5.84. The molecule has 2 aromatic carbocycles. The van der Waals surface area contributed by atoms with Gasteiger partial charge in [0.05, 0.1) is 25.0 Å². The highest BCUT2D eigenvalue weighted by atomic mass is 19.1. The molecule has 0 N–H and O–H groups in total. The molecule has 0 unspecified atom stereocenters. The Bertz CT molecular complexity index is 1220. The number of benzene rings is 2. The van der Waals surface area contributed by atoms with Crippen LogP contribution in [0.3, 0.4) is 0 Å². The highest BCUT2D eigenvalue weighted by Crippen LogP contribution is 2.20. The Hall–Kier alpha value is -3.91. The van der Waals surface area contributed by atoms with E-state index >= 15 is 0 Å². The molecule has 0 saturated carbocycles. The molecule has 0 aliphatic carbocycles. The van der Waals surface area contributed by atoms with Crippen molar-refractivity contribution in [2.45, 2.75) is 33.5 Å². The first-order valence-electron chi connectivity index (χ1n) is 11.7. The molecule has 8 heteroatoms. The molecule has 0 atom stereocenters. The van der Waals surface area contributed by atoms with E-state index in [0.29, 0.717) is 12.2 Å². The molecular formula is C27H29FN6O. The molecule has 0 spiro atoms. The lowest BCUT2D eigenvalue weighted by atomic mass is 10.2. The Kier molecular flexibility index (Phi) is 7.95. The van der Waals surface area contributed by atoms with E-state index in [-0.39, 0.29) is 24.0 Å². The number of carbonyl (C=O) groups excluding carboxylic acids is 1. The zero-order chi connectivity index (χ0) is 24.6. The third-order valence-corrected chi connectivity index (χ3v) is 5.84. The average Bonchev–Trinajstić information content (AvgIpc) is 3.36. The minimum absolute atomic E-state index is 0.219. The third kappa shape index (κ3) is 6.36. The van der Waals surface area contributed by atoms with E-state index in [1.165, 1.54) is 12.1 Å². The number of nitrogens with zero attached hydrogens (tertiary/aromatic N) is 6. The van der Waals surface area contributed by atoms with Crippen LogP contribution in [-0.4, -0.2) is 43.9 Å². The summed E-state index contributed by atoms with van der Waals surface area (Å²) in [6.45, 7) is 7.72. The van der Waals surface area contributed by atoms with Gasteiger partial charge in [-0.3, -0.25) is 14.7 Å². The number of hydrogen-bond donors (Lipinski definition) is 0. The van der Waals surface area contributed by atoms with E-state index in [1.807, 2.05) is 42.5 Å². The second-order valence-electron chi connectivity index (χ2n) is 8.27. The number of aromatic nitrogens is 4. The quantitative estimate of drug-likeness (QED) is 0.339. The van der Waals surface area contributed by atoms with Gasteiger partial charge in [-0.1, -0.05) is 55.5 Å². The fourth-order valence-corrected chi connectivity index (χ4v) is 3.78. The lowest BCUT2D eigenvalue weighted by Crippen LogP contribution is -2.31. The van der Waals surface area contributed by atoms with Crippen molar-refractivity contribution >= 4 is 11.6 Å². The molecule has 2 aromatic heterocycles. The molecule has 0 aliphatic rings. The summed E-state index contributed by atoms with van der Waals surface area (Å²) < 4.78 is 15.2. The van der Waals surface area contributed by atoms with E-state index in [1.54, 1.807) is 34.1 Å². The van der Waals surface area contributed by atoms with Crippen molar-refractivity contribution in [3.8, 4) is 0 Å². The lowest BCUT2D eigenvalue weighted by Gasteiger charge is -2.22. The number of amides is 1. The van der Waals surface area contributed by atoms with Crippen LogP contribution in [0.5, 0.6) is 0 Å². The van der Waals surface area contributed by atoms with Gasteiger partial charge in [0.1, 0.15) is 5.82 Å². The fourth-order valence-electron chi connectivity index (χ4n) is 3.78. The van der Waals surface area contributed by atoms with Crippen molar-refractivity contribution in [3.63, 3.8) is 0 Å². The van der Waals surface area contributed by atoms with E-state index in [2.05, 4.69) is 34.0 Å². The number of anilines is 1. The Morgan fingerprint density at radius 2 is 1.66 bits per heavy atom. The molecule has 35 heavy (non-hydrogen) atoms. The summed E-state index contributed by atoms with van der Waals surface area (Å²) in [5.41, 5.74) is 3.68. The van der Waals surface area contributed by atoms with Crippen LogP contribution in [0.25, 0.3) is 0 Å². The van der Waals surface area contributed by atoms with E-state index in [9.17, 15) is 9.18 Å². The molecule has 0 saturated heterocycles. The van der Waals surface area contributed by atoms with Crippen molar-refractivity contribution in [3.05, 3.63) is 107 Å². The lowest BCUT2D eigenvalue weighted by molar-refractivity contribution is 0.0980. The zero-order valence-electron chi connectivity index (χ0n) is 20.0. The second-order valence-corrected chi connectivity index (χ2v) is 8.27. The van der Waals surface area contributed by atoms with Crippen LogP contribution in [0, 0.1) is 5.82 Å². The van der Waals surface area contributed by atoms with Gasteiger partial charge in [-0.25, -0.2) is 9.07 Å². The normalized spacial score (nSPS) is 11.1. The topological polar surface area (TPSA) is 67.2 Å². The Morgan fingerprint density at radius 1 is 0.914 bits per heavy atom. The Labute approximate surface area is 204 Å². The van der Waals surface area contributed by atoms with Gasteiger partial charge in [0.15, 0.2) is 5.69 Å². The molecule has 4 rings (SSSR count). The minimum atomic E-state index is -0.364. The van der Waals surface area contributed by atoms with Gasteiger partial charge in [0, 0.05) is 18.4 Å². The van der Waals surface area contributed by atoms with E-state index in [4.69, 9.17) is 0 Å². The maximum absolute atomic E-state index is 13.6. The smallest absolute Gasteiger partial charge is 0.280 e. The van der Waals surface area contributed by atoms with Crippen molar-refractivity contribution in [1.82, 2.24) is 24.9 Å². The highest BCUT2D eigenvalue weighted by Gasteiger charge is 2.22. The predicted octanol–water partition coefficient (Wildman–Crippen LogP) is 4.55. The van der Waals surface area contributed by atoms with Crippen LogP contribution < -0.4 is 4.90 Å². The molecule has 180 valence electrons. The first-order valence-corrected chi connectivity index (χ1v) is 11.7. The summed E-state index contributed by atoms with van der Waals surface area (Å²) in [5, 5.41) is 8.24. The summed E-state index contributed by atoms with van der Waals surface area (Å²) >= 11 is 0. The summed E-state index contributed by atoms with van der Waals surface area (Å²) in [7, 11) is 0. The van der Waals surface area contributed by atoms with Crippen LogP contribution >= 0.6 is 0 Å². The summed E-state index contributed by atoms with van der Waals surface area (Å²) in [6.07, 6.45) is 3.42.